The molecule has 0 radical (unpaired) electrons. The van der Waals surface area contributed by atoms with Crippen molar-refractivity contribution in [2.24, 2.45) is 0 Å². The molecule has 3 heteroatoms. The molecule has 1 rings (SSSR count). The van der Waals surface area contributed by atoms with E-state index in [4.69, 9.17) is 4.74 Å². The van der Waals surface area contributed by atoms with E-state index < -0.39 is 0 Å². The van der Waals surface area contributed by atoms with E-state index >= 15 is 0 Å². The normalized spacial score (nSPS) is 9.92. The summed E-state index contributed by atoms with van der Waals surface area (Å²) in [6.45, 7) is 5.65. The molecular formula is C10H16N2O. The first-order chi connectivity index (χ1) is 6.36. The van der Waals surface area contributed by atoms with Gasteiger partial charge in [-0.1, -0.05) is 26.3 Å². The zero-order valence-corrected chi connectivity index (χ0v) is 8.05. The highest BCUT2D eigenvalue weighted by molar-refractivity contribution is 5.05. The SMILES string of the molecule is C=COc1nc(CCCCC)c[nH]1. The molecule has 0 aromatic carbocycles. The van der Waals surface area contributed by atoms with Crippen LogP contribution < -0.4 is 4.74 Å². The van der Waals surface area contributed by atoms with E-state index in [2.05, 4.69) is 23.5 Å². The van der Waals surface area contributed by atoms with E-state index in [0.29, 0.717) is 6.01 Å². The van der Waals surface area contributed by atoms with Crippen molar-refractivity contribution in [2.75, 3.05) is 0 Å². The summed E-state index contributed by atoms with van der Waals surface area (Å²) >= 11 is 0. The minimum atomic E-state index is 0.529. The molecule has 0 atom stereocenters. The molecule has 0 bridgehead atoms. The lowest BCUT2D eigenvalue weighted by Gasteiger charge is -1.93. The second-order valence-corrected chi connectivity index (χ2v) is 2.94. The summed E-state index contributed by atoms with van der Waals surface area (Å²) in [5.41, 5.74) is 1.06. The molecule has 0 saturated heterocycles. The van der Waals surface area contributed by atoms with Gasteiger partial charge in [-0.2, -0.15) is 0 Å². The third-order valence-corrected chi connectivity index (χ3v) is 1.84. The van der Waals surface area contributed by atoms with Crippen molar-refractivity contribution in [1.29, 1.82) is 0 Å². The number of aromatic amines is 1. The Balaban J connectivity index is 2.35. The van der Waals surface area contributed by atoms with Crippen LogP contribution in [0, 0.1) is 0 Å². The Morgan fingerprint density at radius 3 is 3.15 bits per heavy atom. The van der Waals surface area contributed by atoms with E-state index in [1.165, 1.54) is 25.5 Å². The molecule has 0 amide bonds. The average molecular weight is 180 g/mol. The Morgan fingerprint density at radius 2 is 2.46 bits per heavy atom. The van der Waals surface area contributed by atoms with Crippen LogP contribution in [0.4, 0.5) is 0 Å². The summed E-state index contributed by atoms with van der Waals surface area (Å²) in [5.74, 6) is 0. The Kier molecular flexibility index (Phi) is 4.09. The molecule has 3 nitrogen and oxygen atoms in total. The van der Waals surface area contributed by atoms with E-state index in [-0.39, 0.29) is 0 Å². The van der Waals surface area contributed by atoms with E-state index in [0.717, 1.165) is 12.1 Å². The largest absolute Gasteiger partial charge is 0.434 e. The van der Waals surface area contributed by atoms with Crippen LogP contribution in [0.2, 0.25) is 0 Å². The number of hydrogen-bond donors (Lipinski definition) is 1. The number of rotatable bonds is 6. The molecule has 0 saturated carbocycles. The van der Waals surface area contributed by atoms with Gasteiger partial charge in [-0.15, -0.1) is 0 Å². The van der Waals surface area contributed by atoms with Crippen molar-refractivity contribution in [3.8, 4) is 6.01 Å². The van der Waals surface area contributed by atoms with Crippen LogP contribution in [0.15, 0.2) is 19.0 Å². The lowest BCUT2D eigenvalue weighted by atomic mass is 10.2. The third kappa shape index (κ3) is 3.32. The monoisotopic (exact) mass is 180 g/mol. The van der Waals surface area contributed by atoms with Gasteiger partial charge in [-0.05, 0) is 12.8 Å². The van der Waals surface area contributed by atoms with Gasteiger partial charge in [0.05, 0.1) is 12.0 Å². The number of nitrogens with one attached hydrogen (secondary N) is 1. The maximum absolute atomic E-state index is 4.99. The average Bonchev–Trinajstić information content (AvgIpc) is 2.54. The first-order valence-electron chi connectivity index (χ1n) is 4.68. The highest BCUT2D eigenvalue weighted by Gasteiger charge is 1.99. The van der Waals surface area contributed by atoms with Crippen molar-refractivity contribution in [3.63, 3.8) is 0 Å². The number of ether oxygens (including phenoxy) is 1. The van der Waals surface area contributed by atoms with Gasteiger partial charge < -0.3 is 9.72 Å². The summed E-state index contributed by atoms with van der Waals surface area (Å²) in [5, 5.41) is 0. The van der Waals surface area contributed by atoms with E-state index in [1.54, 1.807) is 0 Å². The van der Waals surface area contributed by atoms with Gasteiger partial charge >= 0.3 is 0 Å². The Bertz CT molecular complexity index is 255. The van der Waals surface area contributed by atoms with Crippen LogP contribution in [0.1, 0.15) is 31.9 Å². The standard InChI is InChI=1S/C10H16N2O/c1-3-5-6-7-9-8-11-10(12-9)13-4-2/h4,8H,2-3,5-7H2,1H3,(H,11,12). The van der Waals surface area contributed by atoms with Crippen molar-refractivity contribution in [3.05, 3.63) is 24.7 Å². The van der Waals surface area contributed by atoms with E-state index in [1.807, 2.05) is 6.20 Å². The van der Waals surface area contributed by atoms with Crippen molar-refractivity contribution >= 4 is 0 Å². The highest BCUT2D eigenvalue weighted by Crippen LogP contribution is 2.08. The maximum atomic E-state index is 4.99. The molecule has 13 heavy (non-hydrogen) atoms. The molecule has 0 fully saturated rings. The number of hydrogen-bond acceptors (Lipinski definition) is 2. The second kappa shape index (κ2) is 5.41. The van der Waals surface area contributed by atoms with Crippen molar-refractivity contribution < 1.29 is 4.74 Å². The fourth-order valence-electron chi connectivity index (χ4n) is 1.16. The predicted molar refractivity (Wildman–Crippen MR) is 52.6 cm³/mol. The van der Waals surface area contributed by atoms with Crippen molar-refractivity contribution in [1.82, 2.24) is 9.97 Å². The minimum absolute atomic E-state index is 0.529. The Morgan fingerprint density at radius 1 is 1.62 bits per heavy atom. The highest BCUT2D eigenvalue weighted by atomic mass is 16.5. The molecule has 1 aromatic rings. The first kappa shape index (κ1) is 9.84. The van der Waals surface area contributed by atoms with Gasteiger partial charge in [0.2, 0.25) is 0 Å². The third-order valence-electron chi connectivity index (χ3n) is 1.84. The molecule has 0 aliphatic heterocycles. The predicted octanol–water partition coefficient (Wildman–Crippen LogP) is 2.66. The molecule has 0 unspecified atom stereocenters. The van der Waals surface area contributed by atoms with Gasteiger partial charge in [0, 0.05) is 6.20 Å². The van der Waals surface area contributed by atoms with Crippen LogP contribution >= 0.6 is 0 Å². The molecule has 1 aromatic heterocycles. The number of H-pyrrole nitrogens is 1. The Labute approximate surface area is 78.8 Å². The molecule has 0 spiro atoms. The summed E-state index contributed by atoms with van der Waals surface area (Å²) in [4.78, 5) is 7.15. The second-order valence-electron chi connectivity index (χ2n) is 2.94. The number of aryl methyl sites for hydroxylation is 1. The molecule has 1 N–H and O–H groups in total. The van der Waals surface area contributed by atoms with Crippen LogP contribution in [-0.2, 0) is 6.42 Å². The molecule has 0 aliphatic rings. The molecule has 1 heterocycles. The molecule has 0 aliphatic carbocycles. The van der Waals surface area contributed by atoms with Gasteiger partial charge in [0.15, 0.2) is 0 Å². The minimum Gasteiger partial charge on any atom is -0.434 e. The smallest absolute Gasteiger partial charge is 0.298 e. The van der Waals surface area contributed by atoms with Gasteiger partial charge in [-0.25, -0.2) is 4.98 Å². The zero-order valence-electron chi connectivity index (χ0n) is 8.05. The lowest BCUT2D eigenvalue weighted by Crippen LogP contribution is -1.86. The Hall–Kier alpha value is -1.25. The van der Waals surface area contributed by atoms with Gasteiger partial charge in [-0.3, -0.25) is 0 Å². The van der Waals surface area contributed by atoms with Crippen LogP contribution in [-0.4, -0.2) is 9.97 Å². The fraction of sp³-hybridized carbons (Fsp3) is 0.500. The fourth-order valence-corrected chi connectivity index (χ4v) is 1.16. The maximum Gasteiger partial charge on any atom is 0.298 e. The zero-order chi connectivity index (χ0) is 9.52. The van der Waals surface area contributed by atoms with Gasteiger partial charge in [0.1, 0.15) is 0 Å². The number of aromatic nitrogens is 2. The summed E-state index contributed by atoms with van der Waals surface area (Å²) in [7, 11) is 0. The molecule has 72 valence electrons. The van der Waals surface area contributed by atoms with E-state index in [9.17, 15) is 0 Å². The summed E-state index contributed by atoms with van der Waals surface area (Å²) in [6.07, 6.45) is 7.95. The number of nitrogens with zero attached hydrogens (tertiary/aromatic N) is 1. The quantitative estimate of drug-likeness (QED) is 0.540. The number of imidazole rings is 1. The summed E-state index contributed by atoms with van der Waals surface area (Å²) < 4.78 is 4.99. The topological polar surface area (TPSA) is 37.9 Å². The van der Waals surface area contributed by atoms with Crippen LogP contribution in [0.25, 0.3) is 0 Å². The van der Waals surface area contributed by atoms with Crippen molar-refractivity contribution in [2.45, 2.75) is 32.6 Å². The van der Waals surface area contributed by atoms with Crippen LogP contribution in [0.5, 0.6) is 6.01 Å². The first-order valence-corrected chi connectivity index (χ1v) is 4.68. The van der Waals surface area contributed by atoms with Crippen LogP contribution in [0.3, 0.4) is 0 Å². The lowest BCUT2D eigenvalue weighted by molar-refractivity contribution is 0.446. The number of unbranched alkanes of at least 4 members (excludes halogenated alkanes) is 2. The molecular weight excluding hydrogens is 164 g/mol. The van der Waals surface area contributed by atoms with Gasteiger partial charge in [0.25, 0.3) is 6.01 Å². The summed E-state index contributed by atoms with van der Waals surface area (Å²) in [6, 6.07) is 0.529.